The third-order valence-electron chi connectivity index (χ3n) is 5.21. The van der Waals surface area contributed by atoms with Gasteiger partial charge in [0.25, 0.3) is 0 Å². The first-order chi connectivity index (χ1) is 9.95. The SMILES string of the molecule is CCCNC(c1ccc(C)c(C)c1)C1C(C)OC(C)C1C. The maximum atomic E-state index is 6.08. The van der Waals surface area contributed by atoms with E-state index in [1.165, 1.54) is 16.7 Å². The predicted molar refractivity (Wildman–Crippen MR) is 89.6 cm³/mol. The minimum atomic E-state index is 0.311. The Hall–Kier alpha value is -0.860. The first-order valence-corrected chi connectivity index (χ1v) is 8.41. The summed E-state index contributed by atoms with van der Waals surface area (Å²) in [4.78, 5) is 0. The molecule has 1 fully saturated rings. The normalized spacial score (nSPS) is 30.6. The molecule has 5 unspecified atom stereocenters. The lowest BCUT2D eigenvalue weighted by atomic mass is 9.80. The van der Waals surface area contributed by atoms with Gasteiger partial charge in [0.1, 0.15) is 0 Å². The van der Waals surface area contributed by atoms with Crippen molar-refractivity contribution in [1.82, 2.24) is 5.32 Å². The van der Waals surface area contributed by atoms with Crippen LogP contribution >= 0.6 is 0 Å². The lowest BCUT2D eigenvalue weighted by Crippen LogP contribution is -2.35. The van der Waals surface area contributed by atoms with Crippen molar-refractivity contribution in [1.29, 1.82) is 0 Å². The van der Waals surface area contributed by atoms with Gasteiger partial charge >= 0.3 is 0 Å². The summed E-state index contributed by atoms with van der Waals surface area (Å²) in [5.74, 6) is 1.12. The zero-order valence-corrected chi connectivity index (χ0v) is 14.4. The van der Waals surface area contributed by atoms with E-state index in [1.807, 2.05) is 0 Å². The van der Waals surface area contributed by atoms with Crippen molar-refractivity contribution in [2.24, 2.45) is 11.8 Å². The molecule has 118 valence electrons. The lowest BCUT2D eigenvalue weighted by molar-refractivity contribution is 0.0475. The van der Waals surface area contributed by atoms with Crippen LogP contribution < -0.4 is 5.32 Å². The van der Waals surface area contributed by atoms with Crippen LogP contribution in [0.4, 0.5) is 0 Å². The highest BCUT2D eigenvalue weighted by Crippen LogP contribution is 2.40. The Morgan fingerprint density at radius 3 is 2.33 bits per heavy atom. The number of nitrogens with one attached hydrogen (secondary N) is 1. The number of benzene rings is 1. The summed E-state index contributed by atoms with van der Waals surface area (Å²) in [6.45, 7) is 14.4. The average molecular weight is 289 g/mol. The van der Waals surface area contributed by atoms with Crippen molar-refractivity contribution in [2.75, 3.05) is 6.54 Å². The van der Waals surface area contributed by atoms with Crippen LogP contribution in [0.1, 0.15) is 56.8 Å². The van der Waals surface area contributed by atoms with Gasteiger partial charge in [-0.25, -0.2) is 0 Å². The molecule has 1 heterocycles. The molecular weight excluding hydrogens is 258 g/mol. The van der Waals surface area contributed by atoms with Crippen LogP contribution in [0.5, 0.6) is 0 Å². The molecule has 1 N–H and O–H groups in total. The summed E-state index contributed by atoms with van der Waals surface area (Å²) in [5, 5.41) is 3.78. The van der Waals surface area contributed by atoms with Gasteiger partial charge in [0.05, 0.1) is 12.2 Å². The molecule has 0 aromatic heterocycles. The molecule has 0 amide bonds. The number of ether oxygens (including phenoxy) is 1. The lowest BCUT2D eigenvalue weighted by Gasteiger charge is -2.31. The molecule has 0 bridgehead atoms. The molecule has 2 rings (SSSR count). The highest BCUT2D eigenvalue weighted by Gasteiger charge is 2.41. The third-order valence-corrected chi connectivity index (χ3v) is 5.21. The Balaban J connectivity index is 2.31. The molecule has 21 heavy (non-hydrogen) atoms. The first-order valence-electron chi connectivity index (χ1n) is 8.41. The quantitative estimate of drug-likeness (QED) is 0.867. The number of aryl methyl sites for hydroxylation is 2. The van der Waals surface area contributed by atoms with Crippen molar-refractivity contribution < 1.29 is 4.74 Å². The van der Waals surface area contributed by atoms with Gasteiger partial charge in [-0.15, -0.1) is 0 Å². The van der Waals surface area contributed by atoms with Gasteiger partial charge in [-0.05, 0) is 63.3 Å². The van der Waals surface area contributed by atoms with Crippen LogP contribution in [0.2, 0.25) is 0 Å². The molecule has 2 nitrogen and oxygen atoms in total. The van der Waals surface area contributed by atoms with Crippen LogP contribution in [0.15, 0.2) is 18.2 Å². The standard InChI is InChI=1S/C19H31NO/c1-7-10-20-19(17-9-8-12(2)13(3)11-17)18-14(4)15(5)21-16(18)6/h8-9,11,14-16,18-20H,7,10H2,1-6H3. The second-order valence-corrected chi connectivity index (χ2v) is 6.76. The molecule has 1 aromatic rings. The van der Waals surface area contributed by atoms with E-state index >= 15 is 0 Å². The summed E-state index contributed by atoms with van der Waals surface area (Å²) < 4.78 is 6.08. The molecule has 1 saturated heterocycles. The summed E-state index contributed by atoms with van der Waals surface area (Å²) in [5.41, 5.74) is 4.15. The van der Waals surface area contributed by atoms with Crippen molar-refractivity contribution in [3.63, 3.8) is 0 Å². The van der Waals surface area contributed by atoms with E-state index in [0.717, 1.165) is 13.0 Å². The molecular formula is C19H31NO. The fourth-order valence-electron chi connectivity index (χ4n) is 3.60. The molecule has 0 aliphatic carbocycles. The molecule has 0 spiro atoms. The van der Waals surface area contributed by atoms with E-state index in [9.17, 15) is 0 Å². The Kier molecular flexibility index (Phi) is 5.45. The van der Waals surface area contributed by atoms with Gasteiger partial charge in [-0.3, -0.25) is 0 Å². The molecule has 0 radical (unpaired) electrons. The van der Waals surface area contributed by atoms with Gasteiger partial charge in [-0.2, -0.15) is 0 Å². The molecule has 5 atom stereocenters. The molecule has 1 aromatic carbocycles. The minimum Gasteiger partial charge on any atom is -0.375 e. The van der Waals surface area contributed by atoms with E-state index in [2.05, 4.69) is 65.1 Å². The minimum absolute atomic E-state index is 0.311. The smallest absolute Gasteiger partial charge is 0.0600 e. The Labute approximate surface area is 130 Å². The fourth-order valence-corrected chi connectivity index (χ4v) is 3.60. The fraction of sp³-hybridized carbons (Fsp3) is 0.684. The van der Waals surface area contributed by atoms with Crippen LogP contribution in [0.3, 0.4) is 0 Å². The number of hydrogen-bond acceptors (Lipinski definition) is 2. The summed E-state index contributed by atoms with van der Waals surface area (Å²) in [6, 6.07) is 7.28. The highest BCUT2D eigenvalue weighted by atomic mass is 16.5. The number of hydrogen-bond donors (Lipinski definition) is 1. The predicted octanol–water partition coefficient (Wildman–Crippen LogP) is 4.40. The van der Waals surface area contributed by atoms with E-state index in [4.69, 9.17) is 4.74 Å². The van der Waals surface area contributed by atoms with Gasteiger partial charge in [-0.1, -0.05) is 32.0 Å². The Morgan fingerprint density at radius 1 is 1.10 bits per heavy atom. The van der Waals surface area contributed by atoms with E-state index in [1.54, 1.807) is 0 Å². The number of rotatable bonds is 5. The molecule has 1 aliphatic heterocycles. The average Bonchev–Trinajstić information content (AvgIpc) is 2.69. The van der Waals surface area contributed by atoms with Crippen molar-refractivity contribution in [3.8, 4) is 0 Å². The Morgan fingerprint density at radius 2 is 1.81 bits per heavy atom. The molecule has 0 saturated carbocycles. The topological polar surface area (TPSA) is 21.3 Å². The zero-order valence-electron chi connectivity index (χ0n) is 14.4. The highest BCUT2D eigenvalue weighted by molar-refractivity contribution is 5.32. The van der Waals surface area contributed by atoms with Crippen LogP contribution in [0, 0.1) is 25.7 Å². The summed E-state index contributed by atoms with van der Waals surface area (Å²) in [7, 11) is 0. The van der Waals surface area contributed by atoms with Crippen LogP contribution in [0.25, 0.3) is 0 Å². The van der Waals surface area contributed by atoms with E-state index in [-0.39, 0.29) is 0 Å². The summed E-state index contributed by atoms with van der Waals surface area (Å²) in [6.07, 6.45) is 1.82. The van der Waals surface area contributed by atoms with Crippen LogP contribution in [-0.4, -0.2) is 18.8 Å². The van der Waals surface area contributed by atoms with Gasteiger partial charge in [0, 0.05) is 12.0 Å². The largest absolute Gasteiger partial charge is 0.375 e. The second kappa shape index (κ2) is 6.93. The third kappa shape index (κ3) is 3.49. The molecule has 2 heteroatoms. The van der Waals surface area contributed by atoms with Gasteiger partial charge in [0.15, 0.2) is 0 Å². The summed E-state index contributed by atoms with van der Waals surface area (Å²) >= 11 is 0. The van der Waals surface area contributed by atoms with Crippen LogP contribution in [-0.2, 0) is 4.74 Å². The van der Waals surface area contributed by atoms with E-state index in [0.29, 0.717) is 30.1 Å². The monoisotopic (exact) mass is 289 g/mol. The van der Waals surface area contributed by atoms with Gasteiger partial charge in [0.2, 0.25) is 0 Å². The maximum absolute atomic E-state index is 6.08. The maximum Gasteiger partial charge on any atom is 0.0600 e. The van der Waals surface area contributed by atoms with E-state index < -0.39 is 0 Å². The second-order valence-electron chi connectivity index (χ2n) is 6.76. The first kappa shape index (κ1) is 16.5. The van der Waals surface area contributed by atoms with Crippen molar-refractivity contribution >= 4 is 0 Å². The Bertz CT molecular complexity index is 471. The van der Waals surface area contributed by atoms with Crippen molar-refractivity contribution in [3.05, 3.63) is 34.9 Å². The van der Waals surface area contributed by atoms with Gasteiger partial charge < -0.3 is 10.1 Å². The van der Waals surface area contributed by atoms with Crippen molar-refractivity contribution in [2.45, 2.75) is 66.2 Å². The molecule has 1 aliphatic rings. The zero-order chi connectivity index (χ0) is 15.6.